The summed E-state index contributed by atoms with van der Waals surface area (Å²) >= 11 is 1.44. The molecule has 0 radical (unpaired) electrons. The summed E-state index contributed by atoms with van der Waals surface area (Å²) in [4.78, 5) is 18.5. The van der Waals surface area contributed by atoms with Gasteiger partial charge in [0.05, 0.1) is 17.7 Å². The number of aromatic nitrogens is 1. The van der Waals surface area contributed by atoms with Crippen LogP contribution in [0.1, 0.15) is 23.4 Å². The zero-order valence-corrected chi connectivity index (χ0v) is 12.9. The van der Waals surface area contributed by atoms with E-state index in [0.717, 1.165) is 10.6 Å². The Hall–Kier alpha value is -1.35. The highest BCUT2D eigenvalue weighted by Gasteiger charge is 2.44. The number of aryl methyl sites for hydroxylation is 1. The Morgan fingerprint density at radius 1 is 1.55 bits per heavy atom. The number of urea groups is 1. The lowest BCUT2D eigenvalue weighted by molar-refractivity contribution is -0.222. The van der Waals surface area contributed by atoms with Gasteiger partial charge in [-0.2, -0.15) is 13.2 Å². The Labute approximate surface area is 130 Å². The molecule has 0 unspecified atom stereocenters. The van der Waals surface area contributed by atoms with Crippen LogP contribution in [0.2, 0.25) is 0 Å². The molecule has 1 fully saturated rings. The average Bonchev–Trinajstić information content (AvgIpc) is 2.88. The van der Waals surface area contributed by atoms with Gasteiger partial charge in [-0.1, -0.05) is 0 Å². The average molecular weight is 337 g/mol. The molecule has 1 aromatic heterocycles. The van der Waals surface area contributed by atoms with Gasteiger partial charge in [0.25, 0.3) is 0 Å². The number of carbonyl (C=O) groups excluding carboxylic acids is 1. The molecule has 5 nitrogen and oxygen atoms in total. The number of halogens is 3. The van der Waals surface area contributed by atoms with Crippen molar-refractivity contribution in [2.75, 3.05) is 13.1 Å². The number of aliphatic hydroxyl groups excluding tert-OH is 1. The molecule has 0 spiro atoms. The third kappa shape index (κ3) is 4.10. The van der Waals surface area contributed by atoms with Crippen molar-refractivity contribution in [1.29, 1.82) is 0 Å². The maximum absolute atomic E-state index is 12.5. The zero-order chi connectivity index (χ0) is 16.3. The molecule has 1 atom stereocenters. The van der Waals surface area contributed by atoms with Crippen molar-refractivity contribution in [2.45, 2.75) is 38.6 Å². The standard InChI is InChI=1S/C13H18F3N3O2S/c1-8-10(22-7-18-8)6-17-12(21)19-4-2-9(3-5-19)11(20)13(14,15)16/h7,9,11,20H,2-6H2,1H3,(H,17,21)/t11-/m1/s1. The first kappa shape index (κ1) is 17.0. The van der Waals surface area contributed by atoms with Crippen molar-refractivity contribution in [3.8, 4) is 0 Å². The molecular weight excluding hydrogens is 319 g/mol. The van der Waals surface area contributed by atoms with Gasteiger partial charge in [0.1, 0.15) is 0 Å². The summed E-state index contributed by atoms with van der Waals surface area (Å²) in [6.07, 6.45) is -6.61. The summed E-state index contributed by atoms with van der Waals surface area (Å²) < 4.78 is 37.4. The lowest BCUT2D eigenvalue weighted by Crippen LogP contribution is -2.48. The molecule has 1 saturated heterocycles. The number of amides is 2. The molecule has 1 aromatic rings. The highest BCUT2D eigenvalue weighted by atomic mass is 32.1. The van der Waals surface area contributed by atoms with Gasteiger partial charge < -0.3 is 15.3 Å². The fourth-order valence-electron chi connectivity index (χ4n) is 2.45. The van der Waals surface area contributed by atoms with Crippen LogP contribution in [0.4, 0.5) is 18.0 Å². The number of thiazole rings is 1. The minimum atomic E-state index is -4.60. The summed E-state index contributed by atoms with van der Waals surface area (Å²) in [5, 5.41) is 12.0. The predicted octanol–water partition coefficient (Wildman–Crippen LogP) is 2.30. The maximum atomic E-state index is 12.5. The van der Waals surface area contributed by atoms with Crippen LogP contribution in [0.25, 0.3) is 0 Å². The first-order valence-corrected chi connectivity index (χ1v) is 7.83. The van der Waals surface area contributed by atoms with Gasteiger partial charge in [0, 0.05) is 18.0 Å². The van der Waals surface area contributed by atoms with Crippen LogP contribution in [0, 0.1) is 12.8 Å². The molecule has 0 saturated carbocycles. The smallest absolute Gasteiger partial charge is 0.383 e. The third-order valence-electron chi connectivity index (χ3n) is 3.85. The molecule has 1 aliphatic heterocycles. The van der Waals surface area contributed by atoms with Crippen LogP contribution in [-0.2, 0) is 6.54 Å². The second-order valence-corrected chi connectivity index (χ2v) is 6.27. The SMILES string of the molecule is Cc1ncsc1CNC(=O)N1CCC([C@@H](O)C(F)(F)F)CC1. The van der Waals surface area contributed by atoms with Gasteiger partial charge in [-0.3, -0.25) is 0 Å². The molecule has 0 bridgehead atoms. The van der Waals surface area contributed by atoms with Gasteiger partial charge in [-0.25, -0.2) is 9.78 Å². The Morgan fingerprint density at radius 2 is 2.18 bits per heavy atom. The molecule has 0 aromatic carbocycles. The number of hydrogen-bond donors (Lipinski definition) is 2. The minimum absolute atomic E-state index is 0.147. The van der Waals surface area contributed by atoms with Crippen LogP contribution in [0.5, 0.6) is 0 Å². The molecule has 2 amide bonds. The fraction of sp³-hybridized carbons (Fsp3) is 0.692. The number of hydrogen-bond acceptors (Lipinski definition) is 4. The lowest BCUT2D eigenvalue weighted by Gasteiger charge is -2.34. The van der Waals surface area contributed by atoms with Crippen LogP contribution < -0.4 is 5.32 Å². The first-order chi connectivity index (χ1) is 10.3. The van der Waals surface area contributed by atoms with Gasteiger partial charge in [0.15, 0.2) is 6.10 Å². The van der Waals surface area contributed by atoms with Crippen molar-refractivity contribution in [3.05, 3.63) is 16.1 Å². The van der Waals surface area contributed by atoms with Crippen LogP contribution in [0.3, 0.4) is 0 Å². The van der Waals surface area contributed by atoms with Crippen molar-refractivity contribution in [1.82, 2.24) is 15.2 Å². The van der Waals surface area contributed by atoms with Gasteiger partial charge in [-0.05, 0) is 25.7 Å². The fourth-order valence-corrected chi connectivity index (χ4v) is 3.17. The molecule has 0 aliphatic carbocycles. The quantitative estimate of drug-likeness (QED) is 0.889. The van der Waals surface area contributed by atoms with Crippen molar-refractivity contribution in [3.63, 3.8) is 0 Å². The summed E-state index contributed by atoms with van der Waals surface area (Å²) in [5.74, 6) is -0.840. The van der Waals surface area contributed by atoms with E-state index in [1.54, 1.807) is 5.51 Å². The minimum Gasteiger partial charge on any atom is -0.383 e. The van der Waals surface area contributed by atoms with E-state index < -0.39 is 18.2 Å². The van der Waals surface area contributed by atoms with E-state index >= 15 is 0 Å². The molecular formula is C13H18F3N3O2S. The van der Waals surface area contributed by atoms with Crippen LogP contribution >= 0.6 is 11.3 Å². The van der Waals surface area contributed by atoms with Crippen molar-refractivity contribution in [2.24, 2.45) is 5.92 Å². The van der Waals surface area contributed by atoms with Crippen molar-refractivity contribution >= 4 is 17.4 Å². The highest BCUT2D eigenvalue weighted by Crippen LogP contribution is 2.31. The van der Waals surface area contributed by atoms with E-state index in [1.165, 1.54) is 16.2 Å². The predicted molar refractivity (Wildman–Crippen MR) is 75.4 cm³/mol. The van der Waals surface area contributed by atoms with Gasteiger partial charge >= 0.3 is 12.2 Å². The molecule has 124 valence electrons. The third-order valence-corrected chi connectivity index (χ3v) is 4.79. The number of nitrogens with one attached hydrogen (secondary N) is 1. The van der Waals surface area contributed by atoms with Gasteiger partial charge in [0.2, 0.25) is 0 Å². The molecule has 9 heteroatoms. The van der Waals surface area contributed by atoms with E-state index in [0.29, 0.717) is 6.54 Å². The van der Waals surface area contributed by atoms with Crippen LogP contribution in [0.15, 0.2) is 5.51 Å². The number of rotatable bonds is 3. The first-order valence-electron chi connectivity index (χ1n) is 6.95. The number of nitrogens with zero attached hydrogens (tertiary/aromatic N) is 2. The number of piperidine rings is 1. The topological polar surface area (TPSA) is 65.5 Å². The summed E-state index contributed by atoms with van der Waals surface area (Å²) in [7, 11) is 0. The van der Waals surface area contributed by atoms with E-state index in [-0.39, 0.29) is 32.0 Å². The summed E-state index contributed by atoms with van der Waals surface area (Å²) in [6.45, 7) is 2.64. The van der Waals surface area contributed by atoms with Crippen molar-refractivity contribution < 1.29 is 23.1 Å². The van der Waals surface area contributed by atoms with E-state index in [1.807, 2.05) is 6.92 Å². The Morgan fingerprint density at radius 3 is 2.68 bits per heavy atom. The molecule has 2 rings (SSSR count). The van der Waals surface area contributed by atoms with Gasteiger partial charge in [-0.15, -0.1) is 11.3 Å². The number of alkyl halides is 3. The lowest BCUT2D eigenvalue weighted by atomic mass is 9.91. The summed E-state index contributed by atoms with van der Waals surface area (Å²) in [6, 6.07) is -0.298. The summed E-state index contributed by atoms with van der Waals surface area (Å²) in [5.41, 5.74) is 2.55. The maximum Gasteiger partial charge on any atom is 0.414 e. The highest BCUT2D eigenvalue weighted by molar-refractivity contribution is 7.09. The molecule has 1 aliphatic rings. The second-order valence-electron chi connectivity index (χ2n) is 5.33. The normalized spacial score (nSPS) is 18.3. The molecule has 2 heterocycles. The number of carbonyl (C=O) groups is 1. The Bertz CT molecular complexity index is 513. The van der Waals surface area contributed by atoms with E-state index in [4.69, 9.17) is 0 Å². The Balaban J connectivity index is 1.79. The zero-order valence-electron chi connectivity index (χ0n) is 12.1. The van der Waals surface area contributed by atoms with E-state index in [2.05, 4.69) is 10.3 Å². The van der Waals surface area contributed by atoms with E-state index in [9.17, 15) is 23.1 Å². The van der Waals surface area contributed by atoms with Crippen LogP contribution in [-0.4, -0.2) is 46.4 Å². The molecule has 22 heavy (non-hydrogen) atoms. The Kier molecular flexibility index (Phi) is 5.28. The second kappa shape index (κ2) is 6.82. The largest absolute Gasteiger partial charge is 0.414 e. The molecule has 2 N–H and O–H groups in total. The number of aliphatic hydroxyl groups is 1. The monoisotopic (exact) mass is 337 g/mol. The number of likely N-dealkylation sites (tertiary alicyclic amines) is 1.